The fraction of sp³-hybridized carbons (Fsp3) is 0.333. The first kappa shape index (κ1) is 9.85. The molecule has 1 amide bonds. The maximum absolute atomic E-state index is 10.1. The van der Waals surface area contributed by atoms with Crippen LogP contribution in [0.5, 0.6) is 0 Å². The SMILES string of the molecule is O=CN(CC(=O)O)S(=O)(=O)O. The number of amides is 1. The van der Waals surface area contributed by atoms with Crippen molar-refractivity contribution in [3.8, 4) is 0 Å². The van der Waals surface area contributed by atoms with Crippen LogP contribution in [-0.2, 0) is 19.9 Å². The molecule has 0 aliphatic rings. The monoisotopic (exact) mass is 183 g/mol. The lowest BCUT2D eigenvalue weighted by molar-refractivity contribution is -0.139. The Labute approximate surface area is 62.1 Å². The third-order valence-electron chi connectivity index (χ3n) is 0.705. The highest BCUT2D eigenvalue weighted by Gasteiger charge is 2.18. The average molecular weight is 183 g/mol. The second-order valence-electron chi connectivity index (χ2n) is 1.52. The van der Waals surface area contributed by atoms with Gasteiger partial charge in [0.25, 0.3) is 0 Å². The van der Waals surface area contributed by atoms with Crippen LogP contribution in [0.4, 0.5) is 0 Å². The second kappa shape index (κ2) is 3.30. The number of carbonyl (C=O) groups is 2. The summed E-state index contributed by atoms with van der Waals surface area (Å²) in [7, 11) is -4.73. The predicted molar refractivity (Wildman–Crippen MR) is 32.0 cm³/mol. The van der Waals surface area contributed by atoms with Gasteiger partial charge >= 0.3 is 16.3 Å². The fourth-order valence-electron chi connectivity index (χ4n) is 0.307. The molecule has 11 heavy (non-hydrogen) atoms. The average Bonchev–Trinajstić information content (AvgIpc) is 1.79. The Morgan fingerprint density at radius 1 is 1.55 bits per heavy atom. The standard InChI is InChI=1S/C3H5NO6S/c5-2-4(1-3(6)7)11(8,9)10/h2H,1H2,(H,6,7)(H,8,9,10). The van der Waals surface area contributed by atoms with Crippen LogP contribution < -0.4 is 0 Å². The minimum atomic E-state index is -4.73. The number of nitrogens with zero attached hydrogens (tertiary/aromatic N) is 1. The van der Waals surface area contributed by atoms with Crippen LogP contribution in [0.15, 0.2) is 0 Å². The van der Waals surface area contributed by atoms with Crippen LogP contribution in [0.3, 0.4) is 0 Å². The highest BCUT2D eigenvalue weighted by atomic mass is 32.2. The zero-order valence-electron chi connectivity index (χ0n) is 5.17. The Hall–Kier alpha value is -1.15. The minimum Gasteiger partial charge on any atom is -0.480 e. The summed E-state index contributed by atoms with van der Waals surface area (Å²) < 4.78 is 28.1. The van der Waals surface area contributed by atoms with Crippen LogP contribution in [-0.4, -0.2) is 41.3 Å². The van der Waals surface area contributed by atoms with Gasteiger partial charge in [0.2, 0.25) is 6.41 Å². The van der Waals surface area contributed by atoms with Crippen molar-refractivity contribution in [3.63, 3.8) is 0 Å². The van der Waals surface area contributed by atoms with Crippen molar-refractivity contribution in [2.75, 3.05) is 6.54 Å². The van der Waals surface area contributed by atoms with Crippen molar-refractivity contribution in [2.45, 2.75) is 0 Å². The highest BCUT2D eigenvalue weighted by Crippen LogP contribution is 1.91. The molecule has 0 saturated heterocycles. The van der Waals surface area contributed by atoms with Gasteiger partial charge in [-0.2, -0.15) is 8.42 Å². The third-order valence-corrected chi connectivity index (χ3v) is 1.51. The summed E-state index contributed by atoms with van der Waals surface area (Å²) in [5.41, 5.74) is 0. The van der Waals surface area contributed by atoms with Crippen LogP contribution in [0.1, 0.15) is 0 Å². The number of rotatable bonds is 4. The van der Waals surface area contributed by atoms with Crippen LogP contribution in [0.25, 0.3) is 0 Å². The zero-order chi connectivity index (χ0) is 9.07. The lowest BCUT2D eigenvalue weighted by Crippen LogP contribution is -2.33. The molecule has 8 heteroatoms. The molecule has 0 aromatic heterocycles. The van der Waals surface area contributed by atoms with Crippen molar-refractivity contribution < 1.29 is 27.7 Å². The molecule has 0 rings (SSSR count). The topological polar surface area (TPSA) is 112 Å². The van der Waals surface area contributed by atoms with Gasteiger partial charge in [0.15, 0.2) is 0 Å². The number of hydrogen-bond acceptors (Lipinski definition) is 4. The first-order valence-electron chi connectivity index (χ1n) is 2.29. The molecule has 0 atom stereocenters. The molecule has 0 saturated carbocycles. The summed E-state index contributed by atoms with van der Waals surface area (Å²) in [6.07, 6.45) is -0.288. The van der Waals surface area contributed by atoms with E-state index < -0.39 is 22.8 Å². The smallest absolute Gasteiger partial charge is 0.362 e. The van der Waals surface area contributed by atoms with Gasteiger partial charge in [-0.05, 0) is 0 Å². The van der Waals surface area contributed by atoms with E-state index >= 15 is 0 Å². The molecule has 0 unspecified atom stereocenters. The van der Waals surface area contributed by atoms with Crippen molar-refractivity contribution in [3.05, 3.63) is 0 Å². The van der Waals surface area contributed by atoms with Crippen LogP contribution in [0, 0.1) is 0 Å². The van der Waals surface area contributed by atoms with Crippen molar-refractivity contribution >= 4 is 22.7 Å². The summed E-state index contributed by atoms with van der Waals surface area (Å²) in [5.74, 6) is -1.53. The van der Waals surface area contributed by atoms with Gasteiger partial charge < -0.3 is 5.11 Å². The zero-order valence-corrected chi connectivity index (χ0v) is 5.98. The van der Waals surface area contributed by atoms with Gasteiger partial charge in [-0.1, -0.05) is 0 Å². The van der Waals surface area contributed by atoms with E-state index in [0.29, 0.717) is 0 Å². The lowest BCUT2D eigenvalue weighted by Gasteiger charge is -2.08. The molecule has 0 radical (unpaired) electrons. The number of carboxylic acid groups (broad SMARTS) is 1. The van der Waals surface area contributed by atoms with E-state index in [-0.39, 0.29) is 10.7 Å². The van der Waals surface area contributed by atoms with Gasteiger partial charge in [-0.25, -0.2) is 4.31 Å². The van der Waals surface area contributed by atoms with E-state index in [2.05, 4.69) is 0 Å². The largest absolute Gasteiger partial charge is 0.480 e. The summed E-state index contributed by atoms with van der Waals surface area (Å²) >= 11 is 0. The predicted octanol–water partition coefficient (Wildman–Crippen LogP) is -1.67. The third kappa shape index (κ3) is 3.53. The minimum absolute atomic E-state index is 0.241. The van der Waals surface area contributed by atoms with Gasteiger partial charge in [-0.15, -0.1) is 0 Å². The molecule has 0 aliphatic carbocycles. The molecule has 0 fully saturated rings. The van der Waals surface area contributed by atoms with E-state index in [1.54, 1.807) is 0 Å². The molecule has 64 valence electrons. The molecular formula is C3H5NO6S. The number of carboxylic acids is 1. The number of aliphatic carboxylic acids is 1. The highest BCUT2D eigenvalue weighted by molar-refractivity contribution is 7.83. The van der Waals surface area contributed by atoms with E-state index in [0.717, 1.165) is 0 Å². The van der Waals surface area contributed by atoms with E-state index in [9.17, 15) is 18.0 Å². The summed E-state index contributed by atoms with van der Waals surface area (Å²) in [5, 5.41) is 8.00. The summed E-state index contributed by atoms with van der Waals surface area (Å²) in [6.45, 7) is -1.08. The van der Waals surface area contributed by atoms with Crippen molar-refractivity contribution in [2.24, 2.45) is 0 Å². The summed E-state index contributed by atoms with van der Waals surface area (Å²) in [4.78, 5) is 19.6. The van der Waals surface area contributed by atoms with Crippen LogP contribution >= 0.6 is 0 Å². The Morgan fingerprint density at radius 2 is 2.00 bits per heavy atom. The van der Waals surface area contributed by atoms with Crippen molar-refractivity contribution in [1.29, 1.82) is 0 Å². The molecule has 0 aromatic rings. The lowest BCUT2D eigenvalue weighted by atomic mass is 10.7. The molecule has 0 heterocycles. The Balaban J connectivity index is 4.44. The molecule has 0 spiro atoms. The van der Waals surface area contributed by atoms with Gasteiger partial charge in [0.1, 0.15) is 6.54 Å². The molecule has 0 bridgehead atoms. The van der Waals surface area contributed by atoms with Crippen molar-refractivity contribution in [1.82, 2.24) is 4.31 Å². The van der Waals surface area contributed by atoms with Gasteiger partial charge in [-0.3, -0.25) is 14.1 Å². The Morgan fingerprint density at radius 3 is 2.09 bits per heavy atom. The first-order chi connectivity index (χ1) is 4.88. The maximum Gasteiger partial charge on any atom is 0.362 e. The van der Waals surface area contributed by atoms with Gasteiger partial charge in [0.05, 0.1) is 0 Å². The molecular weight excluding hydrogens is 178 g/mol. The van der Waals surface area contributed by atoms with E-state index in [1.807, 2.05) is 0 Å². The normalized spacial score (nSPS) is 10.6. The fourth-order valence-corrected chi connectivity index (χ4v) is 0.689. The molecule has 7 nitrogen and oxygen atoms in total. The van der Waals surface area contributed by atoms with Gasteiger partial charge in [0, 0.05) is 0 Å². The molecule has 0 aromatic carbocycles. The Bertz CT molecular complexity index is 255. The Kier molecular flexibility index (Phi) is 2.96. The van der Waals surface area contributed by atoms with Crippen LogP contribution in [0.2, 0.25) is 0 Å². The first-order valence-corrected chi connectivity index (χ1v) is 3.69. The number of carbonyl (C=O) groups excluding carboxylic acids is 1. The van der Waals surface area contributed by atoms with E-state index in [4.69, 9.17) is 9.66 Å². The second-order valence-corrected chi connectivity index (χ2v) is 2.89. The number of hydrogen-bond donors (Lipinski definition) is 2. The maximum atomic E-state index is 10.1. The molecule has 0 aliphatic heterocycles. The van der Waals surface area contributed by atoms with E-state index in [1.165, 1.54) is 0 Å². The quantitative estimate of drug-likeness (QED) is 0.398. The summed E-state index contributed by atoms with van der Waals surface area (Å²) in [6, 6.07) is 0. The molecule has 2 N–H and O–H groups in total.